The molecule has 1 N–H and O–H groups in total. The first-order valence-electron chi connectivity index (χ1n) is 4.02. The van der Waals surface area contributed by atoms with E-state index < -0.39 is 15.8 Å². The Morgan fingerprint density at radius 1 is 1.50 bits per heavy atom. The molecule has 1 aromatic rings. The zero-order chi connectivity index (χ0) is 10.3. The van der Waals surface area contributed by atoms with Crippen LogP contribution in [0.5, 0.6) is 0 Å². The van der Waals surface area contributed by atoms with E-state index in [0.29, 0.717) is 17.5 Å². The van der Waals surface area contributed by atoms with Crippen LogP contribution in [0.3, 0.4) is 0 Å². The van der Waals surface area contributed by atoms with E-state index in [4.69, 9.17) is 5.11 Å². The van der Waals surface area contributed by atoms with E-state index in [1.807, 2.05) is 0 Å². The van der Waals surface area contributed by atoms with Gasteiger partial charge in [-0.3, -0.25) is 0 Å². The highest BCUT2D eigenvalue weighted by molar-refractivity contribution is 7.90. The Labute approximate surface area is 85.1 Å². The Kier molecular flexibility index (Phi) is 2.11. The lowest BCUT2D eigenvalue weighted by Crippen LogP contribution is -2.19. The van der Waals surface area contributed by atoms with Crippen molar-refractivity contribution in [3.05, 3.63) is 21.4 Å². The van der Waals surface area contributed by atoms with Crippen LogP contribution >= 0.6 is 11.3 Å². The van der Waals surface area contributed by atoms with Crippen molar-refractivity contribution in [2.75, 3.05) is 5.75 Å². The minimum atomic E-state index is -2.99. The van der Waals surface area contributed by atoms with Crippen LogP contribution < -0.4 is 0 Å². The van der Waals surface area contributed by atoms with Crippen LogP contribution in [0.2, 0.25) is 0 Å². The normalized spacial score (nSPS) is 18.9. The predicted octanol–water partition coefficient (Wildman–Crippen LogP) is 0.917. The zero-order valence-corrected chi connectivity index (χ0v) is 8.82. The molecule has 0 spiro atoms. The van der Waals surface area contributed by atoms with E-state index in [1.165, 1.54) is 0 Å². The lowest BCUT2D eigenvalue weighted by Gasteiger charge is -2.12. The molecule has 1 aliphatic heterocycles. The Balaban J connectivity index is 2.49. The molecule has 0 atom stereocenters. The maximum absolute atomic E-state index is 11.2. The summed E-state index contributed by atoms with van der Waals surface area (Å²) in [5, 5.41) is 10.5. The van der Waals surface area contributed by atoms with E-state index in [1.54, 1.807) is 5.38 Å². The van der Waals surface area contributed by atoms with Gasteiger partial charge in [0.25, 0.3) is 0 Å². The average molecular weight is 232 g/mol. The van der Waals surface area contributed by atoms with Crippen molar-refractivity contribution in [3.8, 4) is 0 Å². The molecule has 0 aliphatic carbocycles. The van der Waals surface area contributed by atoms with Crippen molar-refractivity contribution in [3.63, 3.8) is 0 Å². The Morgan fingerprint density at radius 3 is 2.86 bits per heavy atom. The summed E-state index contributed by atoms with van der Waals surface area (Å²) in [4.78, 5) is 11.0. The lowest BCUT2D eigenvalue weighted by atomic mass is 10.1. The summed E-state index contributed by atoms with van der Waals surface area (Å²) in [7, 11) is -2.99. The molecule has 0 fully saturated rings. The zero-order valence-electron chi connectivity index (χ0n) is 7.19. The van der Waals surface area contributed by atoms with Gasteiger partial charge >= 0.3 is 5.97 Å². The second kappa shape index (κ2) is 3.06. The second-order valence-corrected chi connectivity index (χ2v) is 6.28. The van der Waals surface area contributed by atoms with Gasteiger partial charge in [0, 0.05) is 0 Å². The molecular weight excluding hydrogens is 224 g/mol. The first-order valence-corrected chi connectivity index (χ1v) is 6.73. The van der Waals surface area contributed by atoms with Crippen molar-refractivity contribution >= 4 is 27.1 Å². The summed E-state index contributed by atoms with van der Waals surface area (Å²) in [5.74, 6) is -0.904. The topological polar surface area (TPSA) is 71.4 Å². The molecule has 0 saturated carbocycles. The third-order valence-corrected chi connectivity index (χ3v) is 4.85. The standard InChI is InChI=1S/C8H8O4S2/c9-8(10)7-6-1-2-14(11,12)4-5(6)3-13-7/h3H,1-2,4H2,(H,9,10). The van der Waals surface area contributed by atoms with Crippen LogP contribution in [-0.4, -0.2) is 25.2 Å². The highest BCUT2D eigenvalue weighted by atomic mass is 32.2. The number of rotatable bonds is 1. The van der Waals surface area contributed by atoms with Gasteiger partial charge in [0.2, 0.25) is 0 Å². The minimum absolute atomic E-state index is 0.00782. The highest BCUT2D eigenvalue weighted by Gasteiger charge is 2.26. The summed E-state index contributed by atoms with van der Waals surface area (Å²) < 4.78 is 22.5. The Hall–Kier alpha value is -0.880. The molecule has 14 heavy (non-hydrogen) atoms. The molecule has 0 bridgehead atoms. The molecule has 0 aromatic carbocycles. The number of aromatic carboxylic acids is 1. The summed E-state index contributed by atoms with van der Waals surface area (Å²) >= 11 is 1.11. The number of carboxylic acids is 1. The van der Waals surface area contributed by atoms with E-state index >= 15 is 0 Å². The maximum atomic E-state index is 11.2. The molecule has 4 nitrogen and oxygen atoms in total. The number of fused-ring (bicyclic) bond motifs is 1. The number of sulfone groups is 1. The van der Waals surface area contributed by atoms with E-state index in [2.05, 4.69) is 0 Å². The summed E-state index contributed by atoms with van der Waals surface area (Å²) in [6.07, 6.45) is 0.336. The van der Waals surface area contributed by atoms with Crippen molar-refractivity contribution < 1.29 is 18.3 Å². The number of carboxylic acid groups (broad SMARTS) is 1. The molecule has 1 aromatic heterocycles. The second-order valence-electron chi connectivity index (χ2n) is 3.22. The van der Waals surface area contributed by atoms with Gasteiger partial charge in [-0.2, -0.15) is 0 Å². The lowest BCUT2D eigenvalue weighted by molar-refractivity contribution is 0.0701. The number of hydrogen-bond acceptors (Lipinski definition) is 4. The fourth-order valence-electron chi connectivity index (χ4n) is 1.56. The molecule has 0 saturated heterocycles. The van der Waals surface area contributed by atoms with Crippen LogP contribution in [0, 0.1) is 0 Å². The van der Waals surface area contributed by atoms with Crippen LogP contribution in [0.4, 0.5) is 0 Å². The molecule has 2 rings (SSSR count). The van der Waals surface area contributed by atoms with Gasteiger partial charge in [-0.25, -0.2) is 13.2 Å². The maximum Gasteiger partial charge on any atom is 0.346 e. The predicted molar refractivity (Wildman–Crippen MR) is 52.5 cm³/mol. The largest absolute Gasteiger partial charge is 0.477 e. The summed E-state index contributed by atoms with van der Waals surface area (Å²) in [5.41, 5.74) is 1.37. The van der Waals surface area contributed by atoms with Crippen LogP contribution in [0.25, 0.3) is 0 Å². The summed E-state index contributed by atoms with van der Waals surface area (Å²) in [6.45, 7) is 0. The first-order chi connectivity index (χ1) is 6.49. The van der Waals surface area contributed by atoms with Gasteiger partial charge in [0.1, 0.15) is 4.88 Å². The van der Waals surface area contributed by atoms with E-state index in [0.717, 1.165) is 11.3 Å². The molecular formula is C8H8O4S2. The molecule has 6 heteroatoms. The third-order valence-electron chi connectivity index (χ3n) is 2.21. The molecule has 76 valence electrons. The van der Waals surface area contributed by atoms with Crippen molar-refractivity contribution in [1.82, 2.24) is 0 Å². The number of hydrogen-bond donors (Lipinski definition) is 1. The monoisotopic (exact) mass is 232 g/mol. The van der Waals surface area contributed by atoms with Gasteiger partial charge in [0.05, 0.1) is 11.5 Å². The Morgan fingerprint density at radius 2 is 2.21 bits per heavy atom. The molecule has 0 amide bonds. The Bertz CT molecular complexity index is 483. The van der Waals surface area contributed by atoms with Gasteiger partial charge in [-0.1, -0.05) is 0 Å². The first kappa shape index (κ1) is 9.67. The smallest absolute Gasteiger partial charge is 0.346 e. The SMILES string of the molecule is O=C(O)c1scc2c1CCS(=O)(=O)C2. The van der Waals surface area contributed by atoms with Gasteiger partial charge in [-0.05, 0) is 22.9 Å². The van der Waals surface area contributed by atoms with Crippen LogP contribution in [-0.2, 0) is 22.0 Å². The summed E-state index contributed by atoms with van der Waals surface area (Å²) in [6, 6.07) is 0. The molecule has 0 radical (unpaired) electrons. The number of carbonyl (C=O) groups is 1. The number of thiophene rings is 1. The van der Waals surface area contributed by atoms with Gasteiger partial charge in [0.15, 0.2) is 9.84 Å². The quantitative estimate of drug-likeness (QED) is 0.781. The minimum Gasteiger partial charge on any atom is -0.477 e. The van der Waals surface area contributed by atoms with Crippen molar-refractivity contribution in [2.45, 2.75) is 12.2 Å². The third kappa shape index (κ3) is 1.55. The van der Waals surface area contributed by atoms with Gasteiger partial charge < -0.3 is 5.11 Å². The highest BCUT2D eigenvalue weighted by Crippen LogP contribution is 2.29. The van der Waals surface area contributed by atoms with Crippen LogP contribution in [0.15, 0.2) is 5.38 Å². The molecule has 0 unspecified atom stereocenters. The van der Waals surface area contributed by atoms with Crippen LogP contribution in [0.1, 0.15) is 20.8 Å². The van der Waals surface area contributed by atoms with Crippen molar-refractivity contribution in [2.24, 2.45) is 0 Å². The van der Waals surface area contributed by atoms with E-state index in [-0.39, 0.29) is 16.4 Å². The van der Waals surface area contributed by atoms with E-state index in [9.17, 15) is 13.2 Å². The van der Waals surface area contributed by atoms with Crippen molar-refractivity contribution in [1.29, 1.82) is 0 Å². The molecule has 2 heterocycles. The average Bonchev–Trinajstić information content (AvgIpc) is 2.44. The van der Waals surface area contributed by atoms with Gasteiger partial charge in [-0.15, -0.1) is 11.3 Å². The fourth-order valence-corrected chi connectivity index (χ4v) is 4.02. The fraction of sp³-hybridized carbons (Fsp3) is 0.375. The molecule has 1 aliphatic rings.